The fourth-order valence-corrected chi connectivity index (χ4v) is 2.89. The molecule has 0 radical (unpaired) electrons. The largest absolute Gasteiger partial charge is 0.351 e. The Kier molecular flexibility index (Phi) is 5.50. The average Bonchev–Trinajstić information content (AvgIpc) is 2.51. The number of nitrogens with one attached hydrogen (secondary N) is 2. The number of aryl methyl sites for hydroxylation is 1. The van der Waals surface area contributed by atoms with Gasteiger partial charge in [-0.1, -0.05) is 18.2 Å². The minimum absolute atomic E-state index is 0.0959. The van der Waals surface area contributed by atoms with E-state index in [9.17, 15) is 22.0 Å². The lowest BCUT2D eigenvalue weighted by molar-refractivity contribution is 0.0952. The number of halogens is 2. The minimum atomic E-state index is -3.78. The van der Waals surface area contributed by atoms with Crippen LogP contribution in [0.4, 0.5) is 14.5 Å². The summed E-state index contributed by atoms with van der Waals surface area (Å²) in [6.07, 6.45) is 0. The zero-order valence-corrected chi connectivity index (χ0v) is 13.7. The summed E-state index contributed by atoms with van der Waals surface area (Å²) in [4.78, 5) is 11.8. The van der Waals surface area contributed by atoms with Crippen LogP contribution >= 0.6 is 0 Å². The number of carbonyl (C=O) groups is 1. The molecule has 0 aliphatic heterocycles. The van der Waals surface area contributed by atoms with Crippen molar-refractivity contribution in [2.75, 3.05) is 17.0 Å². The van der Waals surface area contributed by atoms with E-state index in [-0.39, 0.29) is 17.8 Å². The molecule has 0 spiro atoms. The van der Waals surface area contributed by atoms with Crippen LogP contribution in [0.15, 0.2) is 42.5 Å². The minimum Gasteiger partial charge on any atom is -0.351 e. The Morgan fingerprint density at radius 3 is 2.46 bits per heavy atom. The molecule has 24 heavy (non-hydrogen) atoms. The van der Waals surface area contributed by atoms with Crippen LogP contribution in [0.2, 0.25) is 0 Å². The Morgan fingerprint density at radius 2 is 1.79 bits per heavy atom. The molecule has 0 aliphatic rings. The van der Waals surface area contributed by atoms with Crippen LogP contribution in [-0.2, 0) is 10.0 Å². The second-order valence-electron chi connectivity index (χ2n) is 5.12. The first kappa shape index (κ1) is 17.9. The van der Waals surface area contributed by atoms with Crippen molar-refractivity contribution >= 4 is 21.6 Å². The summed E-state index contributed by atoms with van der Waals surface area (Å²) in [5, 5.41) is 2.33. The summed E-state index contributed by atoms with van der Waals surface area (Å²) in [5.74, 6) is -2.35. The molecule has 128 valence electrons. The molecule has 0 saturated carbocycles. The quantitative estimate of drug-likeness (QED) is 0.837. The highest BCUT2D eigenvalue weighted by atomic mass is 32.2. The Hall–Kier alpha value is -2.48. The third kappa shape index (κ3) is 4.76. The molecule has 0 aliphatic carbocycles. The number of anilines is 1. The van der Waals surface area contributed by atoms with Crippen molar-refractivity contribution in [1.29, 1.82) is 0 Å². The van der Waals surface area contributed by atoms with Gasteiger partial charge in [-0.25, -0.2) is 17.2 Å². The van der Waals surface area contributed by atoms with E-state index in [0.29, 0.717) is 5.56 Å². The molecule has 2 aromatic carbocycles. The molecule has 8 heteroatoms. The van der Waals surface area contributed by atoms with Crippen LogP contribution in [0, 0.1) is 18.6 Å². The highest BCUT2D eigenvalue weighted by molar-refractivity contribution is 7.92. The van der Waals surface area contributed by atoms with Crippen molar-refractivity contribution in [2.45, 2.75) is 6.92 Å². The van der Waals surface area contributed by atoms with Gasteiger partial charge in [0, 0.05) is 6.54 Å². The van der Waals surface area contributed by atoms with Crippen molar-refractivity contribution in [3.63, 3.8) is 0 Å². The highest BCUT2D eigenvalue weighted by Gasteiger charge is 2.14. The summed E-state index contributed by atoms with van der Waals surface area (Å²) in [7, 11) is -3.78. The zero-order chi connectivity index (χ0) is 17.7. The molecule has 0 aromatic heterocycles. The average molecular weight is 354 g/mol. The van der Waals surface area contributed by atoms with Gasteiger partial charge in [-0.05, 0) is 36.8 Å². The number of hydrogen-bond donors (Lipinski definition) is 2. The van der Waals surface area contributed by atoms with Gasteiger partial charge in [-0.2, -0.15) is 0 Å². The molecular weight excluding hydrogens is 338 g/mol. The molecular formula is C16H16F2N2O3S. The molecule has 2 N–H and O–H groups in total. The number of carbonyl (C=O) groups excluding carboxylic acids is 1. The third-order valence-electron chi connectivity index (χ3n) is 3.22. The number of benzene rings is 2. The topological polar surface area (TPSA) is 75.3 Å². The molecule has 0 atom stereocenters. The second kappa shape index (κ2) is 7.39. The predicted octanol–water partition coefficient (Wildman–Crippen LogP) is 2.44. The summed E-state index contributed by atoms with van der Waals surface area (Å²) in [5.41, 5.74) is 0.331. The van der Waals surface area contributed by atoms with E-state index in [4.69, 9.17) is 0 Å². The third-order valence-corrected chi connectivity index (χ3v) is 4.51. The summed E-state index contributed by atoms with van der Waals surface area (Å²) in [6, 6.07) is 9.35. The molecule has 0 fully saturated rings. The van der Waals surface area contributed by atoms with E-state index in [2.05, 4.69) is 10.0 Å². The van der Waals surface area contributed by atoms with Crippen molar-refractivity contribution in [3.8, 4) is 0 Å². The van der Waals surface area contributed by atoms with Crippen molar-refractivity contribution < 1.29 is 22.0 Å². The maximum Gasteiger partial charge on any atom is 0.254 e. The molecule has 0 unspecified atom stereocenters. The van der Waals surface area contributed by atoms with E-state index >= 15 is 0 Å². The van der Waals surface area contributed by atoms with Crippen molar-refractivity contribution in [3.05, 3.63) is 65.2 Å². The molecule has 5 nitrogen and oxygen atoms in total. The van der Waals surface area contributed by atoms with Gasteiger partial charge in [0.25, 0.3) is 5.91 Å². The van der Waals surface area contributed by atoms with Gasteiger partial charge >= 0.3 is 0 Å². The normalized spacial score (nSPS) is 11.1. The maximum atomic E-state index is 13.4. The van der Waals surface area contributed by atoms with Gasteiger partial charge < -0.3 is 5.32 Å². The van der Waals surface area contributed by atoms with E-state index in [0.717, 1.165) is 12.1 Å². The lowest BCUT2D eigenvalue weighted by atomic mass is 10.2. The van der Waals surface area contributed by atoms with Crippen LogP contribution in [0.3, 0.4) is 0 Å². The summed E-state index contributed by atoms with van der Waals surface area (Å²) < 4.78 is 52.9. The number of rotatable bonds is 6. The fourth-order valence-electron chi connectivity index (χ4n) is 1.93. The second-order valence-corrected chi connectivity index (χ2v) is 6.96. The molecule has 0 bridgehead atoms. The first-order chi connectivity index (χ1) is 11.3. The maximum absolute atomic E-state index is 13.4. The summed E-state index contributed by atoms with van der Waals surface area (Å²) >= 11 is 0. The monoisotopic (exact) mass is 354 g/mol. The predicted molar refractivity (Wildman–Crippen MR) is 87.3 cm³/mol. The lowest BCUT2D eigenvalue weighted by Crippen LogP contribution is -2.31. The van der Waals surface area contributed by atoms with E-state index in [1.165, 1.54) is 30.3 Å². The van der Waals surface area contributed by atoms with Crippen LogP contribution < -0.4 is 10.0 Å². The van der Waals surface area contributed by atoms with Gasteiger partial charge in [-0.3, -0.25) is 9.52 Å². The van der Waals surface area contributed by atoms with Crippen LogP contribution in [-0.4, -0.2) is 26.6 Å². The van der Waals surface area contributed by atoms with Crippen LogP contribution in [0.5, 0.6) is 0 Å². The van der Waals surface area contributed by atoms with E-state index < -0.39 is 33.3 Å². The smallest absolute Gasteiger partial charge is 0.254 e. The fraction of sp³-hybridized carbons (Fsp3) is 0.188. The van der Waals surface area contributed by atoms with Gasteiger partial charge in [0.15, 0.2) is 0 Å². The SMILES string of the molecule is Cc1ccc(NS(=O)(=O)CCNC(=O)c2ccccc2F)cc1F. The van der Waals surface area contributed by atoms with Gasteiger partial charge in [0.1, 0.15) is 11.6 Å². The highest BCUT2D eigenvalue weighted by Crippen LogP contribution is 2.15. The van der Waals surface area contributed by atoms with Crippen LogP contribution in [0.25, 0.3) is 0 Å². The number of sulfonamides is 1. The molecule has 2 rings (SSSR count). The molecule has 2 aromatic rings. The lowest BCUT2D eigenvalue weighted by Gasteiger charge is -2.10. The Labute approximate surface area is 138 Å². The van der Waals surface area contributed by atoms with E-state index in [1.807, 2.05) is 0 Å². The molecule has 0 saturated heterocycles. The standard InChI is InChI=1S/C16H16F2N2O3S/c1-11-6-7-12(10-15(11)18)20-24(22,23)9-8-19-16(21)13-4-2-3-5-14(13)17/h2-7,10,20H,8-9H2,1H3,(H,19,21). The molecule has 0 heterocycles. The van der Waals surface area contributed by atoms with Crippen molar-refractivity contribution in [2.24, 2.45) is 0 Å². The zero-order valence-electron chi connectivity index (χ0n) is 12.8. The number of hydrogen-bond acceptors (Lipinski definition) is 3. The molecule has 1 amide bonds. The van der Waals surface area contributed by atoms with Crippen LogP contribution in [0.1, 0.15) is 15.9 Å². The first-order valence-corrected chi connectivity index (χ1v) is 8.73. The Morgan fingerprint density at radius 1 is 1.08 bits per heavy atom. The first-order valence-electron chi connectivity index (χ1n) is 7.08. The van der Waals surface area contributed by atoms with Gasteiger partial charge in [-0.15, -0.1) is 0 Å². The van der Waals surface area contributed by atoms with Crippen molar-refractivity contribution in [1.82, 2.24) is 5.32 Å². The summed E-state index contributed by atoms with van der Waals surface area (Å²) in [6.45, 7) is 1.35. The Bertz CT molecular complexity index is 854. The van der Waals surface area contributed by atoms with Gasteiger partial charge in [0.2, 0.25) is 10.0 Å². The van der Waals surface area contributed by atoms with E-state index in [1.54, 1.807) is 6.92 Å². The number of amides is 1. The van der Waals surface area contributed by atoms with Gasteiger partial charge in [0.05, 0.1) is 17.0 Å². The Balaban J connectivity index is 1.92.